The summed E-state index contributed by atoms with van der Waals surface area (Å²) in [6.45, 7) is 6.37. The Morgan fingerprint density at radius 1 is 1.08 bits per heavy atom. The predicted molar refractivity (Wildman–Crippen MR) is 135 cm³/mol. The van der Waals surface area contributed by atoms with Gasteiger partial charge in [0.05, 0.1) is 17.0 Å². The van der Waals surface area contributed by atoms with Crippen LogP contribution in [0, 0.1) is 0 Å². The Hall–Kier alpha value is -2.66. The molecule has 1 aromatic carbocycles. The van der Waals surface area contributed by atoms with Gasteiger partial charge in [-0.2, -0.15) is 13.2 Å². The number of piperidine rings is 1. The predicted octanol–water partition coefficient (Wildman–Crippen LogP) is 5.31. The molecule has 7 nitrogen and oxygen atoms in total. The third-order valence-electron chi connectivity index (χ3n) is 6.10. The minimum absolute atomic E-state index is 0.107. The fourth-order valence-corrected chi connectivity index (χ4v) is 4.83. The molecule has 2 heterocycles. The third kappa shape index (κ3) is 8.99. The van der Waals surface area contributed by atoms with Crippen LogP contribution in [-0.4, -0.2) is 73.0 Å². The van der Waals surface area contributed by atoms with E-state index >= 15 is 0 Å². The number of likely N-dealkylation sites (tertiary alicyclic amines) is 1. The van der Waals surface area contributed by atoms with Gasteiger partial charge < -0.3 is 9.64 Å². The Kier molecular flexibility index (Phi) is 8.89. The summed E-state index contributed by atoms with van der Waals surface area (Å²) < 4.78 is 67.9. The standard InChI is InChI=1S/C26H34F3N3O4S/c1-25(2,3)36-24(33)31-14-11-21(12-15-31)32(16-13-26(27,28)29)18-19-5-10-23(30-17-19)20-6-8-22(9-7-20)37(4,34)35/h5-10,17,21H,11-16,18H2,1-4H3. The lowest BCUT2D eigenvalue weighted by Crippen LogP contribution is -2.48. The lowest BCUT2D eigenvalue weighted by atomic mass is 10.0. The monoisotopic (exact) mass is 541 g/mol. The molecule has 3 rings (SSSR count). The maximum absolute atomic E-state index is 13.0. The highest BCUT2D eigenvalue weighted by molar-refractivity contribution is 7.90. The summed E-state index contributed by atoms with van der Waals surface area (Å²) in [5.74, 6) is 0. The summed E-state index contributed by atoms with van der Waals surface area (Å²) in [6.07, 6.45) is -1.72. The summed E-state index contributed by atoms with van der Waals surface area (Å²) in [5.41, 5.74) is 1.54. The maximum atomic E-state index is 13.0. The Labute approximate surface area is 216 Å². The van der Waals surface area contributed by atoms with Crippen LogP contribution < -0.4 is 0 Å². The van der Waals surface area contributed by atoms with Crippen LogP contribution in [0.15, 0.2) is 47.5 Å². The van der Waals surface area contributed by atoms with E-state index in [2.05, 4.69) is 4.98 Å². The largest absolute Gasteiger partial charge is 0.444 e. The van der Waals surface area contributed by atoms with E-state index in [1.54, 1.807) is 50.1 Å². The highest BCUT2D eigenvalue weighted by atomic mass is 32.2. The lowest BCUT2D eigenvalue weighted by molar-refractivity contribution is -0.140. The molecule has 0 saturated carbocycles. The number of sulfone groups is 1. The minimum atomic E-state index is -4.27. The Morgan fingerprint density at radius 2 is 1.70 bits per heavy atom. The number of hydrogen-bond donors (Lipinski definition) is 0. The van der Waals surface area contributed by atoms with Crippen molar-refractivity contribution < 1.29 is 31.1 Å². The van der Waals surface area contributed by atoms with Crippen molar-refractivity contribution >= 4 is 15.9 Å². The molecule has 1 aromatic heterocycles. The number of rotatable bonds is 7. The molecule has 1 aliphatic heterocycles. The van der Waals surface area contributed by atoms with Gasteiger partial charge in [-0.1, -0.05) is 18.2 Å². The average Bonchev–Trinajstić information content (AvgIpc) is 2.80. The lowest BCUT2D eigenvalue weighted by Gasteiger charge is -2.39. The summed E-state index contributed by atoms with van der Waals surface area (Å²) in [7, 11) is -3.30. The number of carbonyl (C=O) groups is 1. The molecular weight excluding hydrogens is 507 g/mol. The number of aromatic nitrogens is 1. The molecule has 204 valence electrons. The molecule has 0 unspecified atom stereocenters. The van der Waals surface area contributed by atoms with Gasteiger partial charge in [-0.05, 0) is 57.4 Å². The van der Waals surface area contributed by atoms with Gasteiger partial charge in [0.2, 0.25) is 0 Å². The van der Waals surface area contributed by atoms with E-state index in [4.69, 9.17) is 4.74 Å². The molecule has 0 N–H and O–H groups in total. The smallest absolute Gasteiger partial charge is 0.410 e. The van der Waals surface area contributed by atoms with Crippen LogP contribution in [-0.2, 0) is 21.1 Å². The fraction of sp³-hybridized carbons (Fsp3) is 0.538. The van der Waals surface area contributed by atoms with Gasteiger partial charge in [-0.3, -0.25) is 9.88 Å². The molecule has 0 aliphatic carbocycles. The van der Waals surface area contributed by atoms with Gasteiger partial charge in [-0.25, -0.2) is 13.2 Å². The second kappa shape index (κ2) is 11.4. The number of benzene rings is 1. The number of halogens is 3. The number of nitrogens with zero attached hydrogens (tertiary/aromatic N) is 3. The van der Waals surface area contributed by atoms with Gasteiger partial charge in [-0.15, -0.1) is 0 Å². The van der Waals surface area contributed by atoms with E-state index < -0.39 is 34.1 Å². The molecule has 2 aromatic rings. The van der Waals surface area contributed by atoms with E-state index in [1.807, 2.05) is 11.0 Å². The van der Waals surface area contributed by atoms with Crippen LogP contribution in [0.2, 0.25) is 0 Å². The van der Waals surface area contributed by atoms with Crippen LogP contribution >= 0.6 is 0 Å². The van der Waals surface area contributed by atoms with Crippen molar-refractivity contribution in [2.75, 3.05) is 25.9 Å². The SMILES string of the molecule is CC(C)(C)OC(=O)N1CCC(N(CCC(F)(F)F)Cc2ccc(-c3ccc(S(C)(=O)=O)cc3)nc2)CC1. The molecule has 11 heteroatoms. The molecule has 37 heavy (non-hydrogen) atoms. The van der Waals surface area contributed by atoms with E-state index in [9.17, 15) is 26.4 Å². The number of hydrogen-bond acceptors (Lipinski definition) is 6. The Morgan fingerprint density at radius 3 is 2.19 bits per heavy atom. The maximum Gasteiger partial charge on any atom is 0.410 e. The van der Waals surface area contributed by atoms with E-state index in [1.165, 1.54) is 12.1 Å². The zero-order chi connectivity index (χ0) is 27.4. The van der Waals surface area contributed by atoms with Crippen LogP contribution in [0.3, 0.4) is 0 Å². The fourth-order valence-electron chi connectivity index (χ4n) is 4.20. The van der Waals surface area contributed by atoms with Crippen molar-refractivity contribution in [2.45, 2.75) is 69.3 Å². The molecule has 0 radical (unpaired) electrons. The van der Waals surface area contributed by atoms with Crippen molar-refractivity contribution in [3.05, 3.63) is 48.2 Å². The highest BCUT2D eigenvalue weighted by Gasteiger charge is 2.33. The number of amides is 1. The first-order valence-electron chi connectivity index (χ1n) is 12.1. The topological polar surface area (TPSA) is 79.8 Å². The molecule has 1 fully saturated rings. The minimum Gasteiger partial charge on any atom is -0.444 e. The summed E-state index contributed by atoms with van der Waals surface area (Å²) in [6, 6.07) is 9.87. The summed E-state index contributed by atoms with van der Waals surface area (Å²) in [5, 5.41) is 0. The second-order valence-electron chi connectivity index (χ2n) is 10.4. The Bertz CT molecular complexity index is 1150. The quantitative estimate of drug-likeness (QED) is 0.473. The summed E-state index contributed by atoms with van der Waals surface area (Å²) in [4.78, 5) is 20.4. The summed E-state index contributed by atoms with van der Waals surface area (Å²) >= 11 is 0. The Balaban J connectivity index is 1.68. The number of carbonyl (C=O) groups excluding carboxylic acids is 1. The molecule has 0 atom stereocenters. The van der Waals surface area contributed by atoms with Crippen molar-refractivity contribution in [1.29, 1.82) is 0 Å². The van der Waals surface area contributed by atoms with Crippen LogP contribution in [0.5, 0.6) is 0 Å². The van der Waals surface area contributed by atoms with Gasteiger partial charge in [0.25, 0.3) is 0 Å². The van der Waals surface area contributed by atoms with E-state index in [0.717, 1.165) is 17.4 Å². The van der Waals surface area contributed by atoms with Gasteiger partial charge in [0.15, 0.2) is 9.84 Å². The van der Waals surface area contributed by atoms with Gasteiger partial charge in [0, 0.05) is 50.2 Å². The van der Waals surface area contributed by atoms with Crippen molar-refractivity contribution in [3.8, 4) is 11.3 Å². The first kappa shape index (κ1) is 28.9. The van der Waals surface area contributed by atoms with E-state index in [0.29, 0.717) is 38.2 Å². The van der Waals surface area contributed by atoms with E-state index in [-0.39, 0.29) is 17.5 Å². The molecule has 1 aliphatic rings. The average molecular weight is 542 g/mol. The molecule has 0 spiro atoms. The number of alkyl halides is 3. The van der Waals surface area contributed by atoms with Gasteiger partial charge >= 0.3 is 12.3 Å². The second-order valence-corrected chi connectivity index (χ2v) is 12.4. The zero-order valence-corrected chi connectivity index (χ0v) is 22.4. The first-order valence-corrected chi connectivity index (χ1v) is 14.0. The van der Waals surface area contributed by atoms with Crippen molar-refractivity contribution in [1.82, 2.24) is 14.8 Å². The third-order valence-corrected chi connectivity index (χ3v) is 7.23. The molecule has 0 bridgehead atoms. The van der Waals surface area contributed by atoms with Crippen molar-refractivity contribution in [3.63, 3.8) is 0 Å². The highest BCUT2D eigenvalue weighted by Crippen LogP contribution is 2.26. The van der Waals surface area contributed by atoms with Crippen LogP contribution in [0.1, 0.15) is 45.6 Å². The molecule has 1 saturated heterocycles. The zero-order valence-electron chi connectivity index (χ0n) is 21.6. The van der Waals surface area contributed by atoms with Crippen LogP contribution in [0.4, 0.5) is 18.0 Å². The van der Waals surface area contributed by atoms with Gasteiger partial charge in [0.1, 0.15) is 5.60 Å². The number of pyridine rings is 1. The normalized spacial score (nSPS) is 15.7. The number of ether oxygens (including phenoxy) is 1. The first-order chi connectivity index (χ1) is 17.1. The molecule has 1 amide bonds. The van der Waals surface area contributed by atoms with Crippen molar-refractivity contribution in [2.24, 2.45) is 0 Å². The molecular formula is C26H34F3N3O4S. The van der Waals surface area contributed by atoms with Crippen LogP contribution in [0.25, 0.3) is 11.3 Å².